The molecule has 2 aliphatic rings. The van der Waals surface area contributed by atoms with Crippen molar-refractivity contribution in [2.45, 2.75) is 51.2 Å². The molecule has 0 spiro atoms. The van der Waals surface area contributed by atoms with E-state index in [0.717, 1.165) is 60.9 Å². The molecule has 3 N–H and O–H groups in total. The van der Waals surface area contributed by atoms with Crippen LogP contribution in [0.4, 0.5) is 17.5 Å². The zero-order valence-electron chi connectivity index (χ0n) is 18.5. The first-order valence-electron chi connectivity index (χ1n) is 11.3. The molecule has 3 aromatic rings. The third kappa shape index (κ3) is 5.07. The summed E-state index contributed by atoms with van der Waals surface area (Å²) in [7, 11) is 0. The number of rotatable bonds is 7. The van der Waals surface area contributed by atoms with E-state index >= 15 is 0 Å². The van der Waals surface area contributed by atoms with Crippen molar-refractivity contribution in [1.82, 2.24) is 29.0 Å². The number of aliphatic carboxylic acids is 1. The van der Waals surface area contributed by atoms with Crippen LogP contribution in [0, 0.1) is 6.92 Å². The molecule has 11 nitrogen and oxygen atoms in total. The second-order valence-electron chi connectivity index (χ2n) is 8.59. The maximum atomic E-state index is 10.9. The summed E-state index contributed by atoms with van der Waals surface area (Å²) in [5, 5.41) is 20.8. The van der Waals surface area contributed by atoms with Crippen LogP contribution in [0.2, 0.25) is 0 Å². The molecule has 176 valence electrons. The highest BCUT2D eigenvalue weighted by atomic mass is 32.1. The van der Waals surface area contributed by atoms with Crippen LogP contribution in [0.3, 0.4) is 0 Å². The Morgan fingerprint density at radius 2 is 2.03 bits per heavy atom. The van der Waals surface area contributed by atoms with Crippen LogP contribution in [0.5, 0.6) is 0 Å². The van der Waals surface area contributed by atoms with Gasteiger partial charge in [-0.25, -0.2) is 0 Å². The number of nitrogens with one attached hydrogen (secondary N) is 2. The van der Waals surface area contributed by atoms with E-state index in [2.05, 4.69) is 30.0 Å². The number of hydrogen-bond acceptors (Lipinski definition) is 10. The first-order chi connectivity index (χ1) is 16.0. The van der Waals surface area contributed by atoms with Gasteiger partial charge in [-0.3, -0.25) is 14.4 Å². The molecular weight excluding hydrogens is 444 g/mol. The second kappa shape index (κ2) is 9.57. The Hall–Kier alpha value is -2.83. The monoisotopic (exact) mass is 472 g/mol. The highest BCUT2D eigenvalue weighted by Gasteiger charge is 2.28. The Bertz CT molecular complexity index is 1120. The van der Waals surface area contributed by atoms with Gasteiger partial charge in [-0.2, -0.15) is 19.4 Å². The van der Waals surface area contributed by atoms with Gasteiger partial charge in [0.1, 0.15) is 12.4 Å². The molecule has 0 atom stereocenters. The Morgan fingerprint density at radius 1 is 1.24 bits per heavy atom. The number of morpholine rings is 1. The molecule has 1 saturated heterocycles. The van der Waals surface area contributed by atoms with Crippen molar-refractivity contribution in [2.24, 2.45) is 0 Å². The van der Waals surface area contributed by atoms with Crippen molar-refractivity contribution in [3.05, 3.63) is 18.1 Å². The molecule has 0 radical (unpaired) electrons. The number of fused-ring (bicyclic) bond motifs is 1. The number of carbonyl (C=O) groups is 1. The summed E-state index contributed by atoms with van der Waals surface area (Å²) in [4.78, 5) is 23.7. The normalized spacial score (nSPS) is 21.8. The maximum absolute atomic E-state index is 10.9. The molecule has 4 heterocycles. The standard InChI is InChI=1S/C21H28N8O3S/c1-13-18-19(23-14-2-4-16(5-3-14)28-6-8-32-9-7-28)25-21(26-20(18)33-27-13)24-15-10-22-29(11-15)12-17(30)31/h10-11,14,16H,2-9,12H2,1H3,(H,30,31)(H2,23,24,25,26)/t14-,16-. The predicted octanol–water partition coefficient (Wildman–Crippen LogP) is 2.47. The minimum absolute atomic E-state index is 0.199. The van der Waals surface area contributed by atoms with Crippen LogP contribution >= 0.6 is 11.5 Å². The maximum Gasteiger partial charge on any atom is 0.325 e. The fraction of sp³-hybridized carbons (Fsp3) is 0.571. The summed E-state index contributed by atoms with van der Waals surface area (Å²) in [6.07, 6.45) is 7.71. The van der Waals surface area contributed by atoms with Gasteiger partial charge in [-0.05, 0) is 44.1 Å². The van der Waals surface area contributed by atoms with E-state index < -0.39 is 5.97 Å². The average molecular weight is 473 g/mol. The van der Waals surface area contributed by atoms with Crippen LogP contribution in [0.25, 0.3) is 10.2 Å². The molecule has 1 saturated carbocycles. The van der Waals surface area contributed by atoms with Crippen LogP contribution < -0.4 is 10.6 Å². The van der Waals surface area contributed by atoms with Crippen LogP contribution in [0.15, 0.2) is 12.4 Å². The van der Waals surface area contributed by atoms with E-state index in [1.54, 1.807) is 12.4 Å². The van der Waals surface area contributed by atoms with Crippen molar-refractivity contribution < 1.29 is 14.6 Å². The molecule has 3 aromatic heterocycles. The van der Waals surface area contributed by atoms with Gasteiger partial charge in [-0.15, -0.1) is 0 Å². The van der Waals surface area contributed by atoms with Crippen molar-refractivity contribution in [1.29, 1.82) is 0 Å². The van der Waals surface area contributed by atoms with Crippen molar-refractivity contribution in [2.75, 3.05) is 36.9 Å². The van der Waals surface area contributed by atoms with Gasteiger partial charge in [0, 0.05) is 31.4 Å². The van der Waals surface area contributed by atoms with Crippen LogP contribution in [-0.2, 0) is 16.1 Å². The quantitative estimate of drug-likeness (QED) is 0.471. The molecule has 0 amide bonds. The molecule has 2 fully saturated rings. The molecule has 5 rings (SSSR count). The first-order valence-corrected chi connectivity index (χ1v) is 12.1. The summed E-state index contributed by atoms with van der Waals surface area (Å²) < 4.78 is 11.3. The Labute approximate surface area is 195 Å². The molecule has 0 unspecified atom stereocenters. The lowest BCUT2D eigenvalue weighted by Crippen LogP contribution is -2.46. The Kier molecular flexibility index (Phi) is 6.38. The molecular formula is C21H28N8O3S. The SMILES string of the molecule is Cc1nsc2nc(Nc3cnn(CC(=O)O)c3)nc(N[C@H]3CC[C@H](N4CCOCC4)CC3)c12. The van der Waals surface area contributed by atoms with Gasteiger partial charge in [0.25, 0.3) is 0 Å². The lowest BCUT2D eigenvalue weighted by molar-refractivity contribution is -0.137. The molecule has 0 aromatic carbocycles. The molecule has 1 aliphatic heterocycles. The van der Waals surface area contributed by atoms with Crippen molar-refractivity contribution in [3.8, 4) is 0 Å². The first kappa shape index (κ1) is 22.0. The zero-order valence-corrected chi connectivity index (χ0v) is 19.3. The summed E-state index contributed by atoms with van der Waals surface area (Å²) in [6.45, 7) is 5.53. The summed E-state index contributed by atoms with van der Waals surface area (Å²) in [6, 6.07) is 0.993. The van der Waals surface area contributed by atoms with Gasteiger partial charge in [0.05, 0.1) is 36.2 Å². The van der Waals surface area contributed by atoms with E-state index in [9.17, 15) is 4.79 Å². The highest BCUT2D eigenvalue weighted by Crippen LogP contribution is 2.32. The van der Waals surface area contributed by atoms with Crippen LogP contribution in [-0.4, -0.2) is 78.5 Å². The van der Waals surface area contributed by atoms with Gasteiger partial charge in [-0.1, -0.05) is 0 Å². The lowest BCUT2D eigenvalue weighted by Gasteiger charge is -2.39. The fourth-order valence-corrected chi connectivity index (χ4v) is 5.43. The van der Waals surface area contributed by atoms with Gasteiger partial charge in [0.15, 0.2) is 4.83 Å². The number of anilines is 3. The smallest absolute Gasteiger partial charge is 0.325 e. The Morgan fingerprint density at radius 3 is 2.79 bits per heavy atom. The van der Waals surface area contributed by atoms with E-state index in [1.165, 1.54) is 29.1 Å². The molecule has 0 bridgehead atoms. The average Bonchev–Trinajstić information content (AvgIpc) is 3.40. The van der Waals surface area contributed by atoms with Gasteiger partial charge in [0.2, 0.25) is 5.95 Å². The third-order valence-corrected chi connectivity index (χ3v) is 7.13. The van der Waals surface area contributed by atoms with E-state index in [-0.39, 0.29) is 6.54 Å². The Balaban J connectivity index is 1.29. The van der Waals surface area contributed by atoms with Crippen molar-refractivity contribution in [3.63, 3.8) is 0 Å². The minimum atomic E-state index is -0.947. The zero-order chi connectivity index (χ0) is 22.8. The predicted molar refractivity (Wildman–Crippen MR) is 125 cm³/mol. The summed E-state index contributed by atoms with van der Waals surface area (Å²) in [5.74, 6) is 0.282. The second-order valence-corrected chi connectivity index (χ2v) is 9.34. The van der Waals surface area contributed by atoms with E-state index in [0.29, 0.717) is 23.7 Å². The lowest BCUT2D eigenvalue weighted by atomic mass is 9.90. The fourth-order valence-electron chi connectivity index (χ4n) is 4.65. The number of nitrogens with zero attached hydrogens (tertiary/aromatic N) is 6. The summed E-state index contributed by atoms with van der Waals surface area (Å²) >= 11 is 1.35. The summed E-state index contributed by atoms with van der Waals surface area (Å²) in [5.41, 5.74) is 1.55. The molecule has 1 aliphatic carbocycles. The van der Waals surface area contributed by atoms with E-state index in [4.69, 9.17) is 14.8 Å². The van der Waals surface area contributed by atoms with Gasteiger partial charge >= 0.3 is 5.97 Å². The number of ether oxygens (including phenoxy) is 1. The largest absolute Gasteiger partial charge is 0.480 e. The number of carboxylic acid groups (broad SMARTS) is 1. The number of carboxylic acids is 1. The highest BCUT2D eigenvalue weighted by molar-refractivity contribution is 7.13. The topological polar surface area (TPSA) is 130 Å². The molecule has 33 heavy (non-hydrogen) atoms. The van der Waals surface area contributed by atoms with Crippen LogP contribution in [0.1, 0.15) is 31.4 Å². The molecule has 12 heteroatoms. The minimum Gasteiger partial charge on any atom is -0.480 e. The number of aryl methyl sites for hydroxylation is 1. The van der Waals surface area contributed by atoms with E-state index in [1.807, 2.05) is 6.92 Å². The number of aromatic nitrogens is 5. The number of hydrogen-bond donors (Lipinski definition) is 3. The van der Waals surface area contributed by atoms with Gasteiger partial charge < -0.3 is 20.5 Å². The van der Waals surface area contributed by atoms with Crippen molar-refractivity contribution >= 4 is 45.2 Å². The third-order valence-electron chi connectivity index (χ3n) is 6.29.